The van der Waals surface area contributed by atoms with Gasteiger partial charge < -0.3 is 20.9 Å². The molecule has 0 aliphatic rings. The maximum Gasteiger partial charge on any atom is 0.125 e. The van der Waals surface area contributed by atoms with E-state index in [1.807, 2.05) is 0 Å². The van der Waals surface area contributed by atoms with Crippen molar-refractivity contribution in [2.75, 3.05) is 45.0 Å². The second kappa shape index (κ2) is 18.2. The van der Waals surface area contributed by atoms with Crippen LogP contribution in [0.2, 0.25) is 0 Å². The van der Waals surface area contributed by atoms with Crippen molar-refractivity contribution in [3.63, 3.8) is 0 Å². The van der Waals surface area contributed by atoms with E-state index in [4.69, 9.17) is 5.73 Å². The minimum absolute atomic E-state index is 0.770. The van der Waals surface area contributed by atoms with Crippen LogP contribution < -0.4 is 21.1 Å². The maximum absolute atomic E-state index is 11.6. The van der Waals surface area contributed by atoms with Crippen LogP contribution in [0.4, 0.5) is 0 Å². The summed E-state index contributed by atoms with van der Waals surface area (Å²) in [6.45, 7) is 7.96. The van der Waals surface area contributed by atoms with Crippen molar-refractivity contribution in [1.29, 1.82) is 0 Å². The first-order chi connectivity index (χ1) is 10.3. The van der Waals surface area contributed by atoms with E-state index in [0.717, 1.165) is 64.3 Å². The van der Waals surface area contributed by atoms with Crippen molar-refractivity contribution < 1.29 is 4.55 Å². The topological polar surface area (TPSA) is 85.2 Å². The van der Waals surface area contributed by atoms with E-state index in [9.17, 15) is 4.55 Å². The third kappa shape index (κ3) is 18.1. The monoisotopic (exact) mass is 320 g/mol. The average molecular weight is 321 g/mol. The Hall–Kier alpha value is 0.150. The third-order valence-electron chi connectivity index (χ3n) is 3.24. The molecule has 5 N–H and O–H groups in total. The lowest BCUT2D eigenvalue weighted by Gasteiger charge is -2.11. The molecule has 0 aromatic rings. The summed E-state index contributed by atoms with van der Waals surface area (Å²) in [5, 5.41) is 6.81. The highest BCUT2D eigenvalue weighted by Gasteiger charge is 2.03. The van der Waals surface area contributed by atoms with Crippen LogP contribution in [0.5, 0.6) is 0 Å². The lowest BCUT2D eigenvalue weighted by Crippen LogP contribution is -2.29. The molecule has 0 bridgehead atoms. The van der Waals surface area contributed by atoms with E-state index in [-0.39, 0.29) is 0 Å². The van der Waals surface area contributed by atoms with Crippen molar-refractivity contribution in [3.8, 4) is 0 Å². The Labute approximate surface area is 134 Å². The molecule has 0 aromatic heterocycles. The maximum atomic E-state index is 11.6. The van der Waals surface area contributed by atoms with Crippen LogP contribution >= 0.6 is 0 Å². The van der Waals surface area contributed by atoms with Crippen molar-refractivity contribution in [2.24, 2.45) is 5.73 Å². The molecule has 0 aromatic carbocycles. The molecule has 0 radical (unpaired) electrons. The Bertz CT molecular complexity index is 199. The second-order valence-electron chi connectivity index (χ2n) is 5.35. The first-order valence-electron chi connectivity index (χ1n) is 8.54. The molecule has 1 unspecified atom stereocenters. The quantitative estimate of drug-likeness (QED) is 0.238. The highest BCUT2D eigenvalue weighted by atomic mass is 32.2. The predicted octanol–water partition coefficient (Wildman–Crippen LogP) is 1.13. The van der Waals surface area contributed by atoms with Crippen LogP contribution in [-0.4, -0.2) is 49.6 Å². The molecule has 0 aliphatic heterocycles. The number of nitrogens with one attached hydrogen (secondary N) is 3. The summed E-state index contributed by atoms with van der Waals surface area (Å²) in [6, 6.07) is 0. The standard InChI is InChI=1S/C15H36N4OS/c1-2-3-6-15-21(20)19-14-8-13-18-11-5-4-10-17-12-7-9-16/h17-19H,2-16H2,1H3. The Balaban J connectivity index is 3.05. The summed E-state index contributed by atoms with van der Waals surface area (Å²) in [5.41, 5.74) is 5.42. The highest BCUT2D eigenvalue weighted by Crippen LogP contribution is 1.97. The zero-order valence-electron chi connectivity index (χ0n) is 13.8. The SMILES string of the molecule is CCCCC[S+]([O-])NCCCNCCCCNCCCN. The Morgan fingerprint density at radius 3 is 2.05 bits per heavy atom. The lowest BCUT2D eigenvalue weighted by atomic mass is 10.3. The minimum atomic E-state index is -0.831. The minimum Gasteiger partial charge on any atom is -0.598 e. The van der Waals surface area contributed by atoms with Crippen LogP contribution in [0, 0.1) is 0 Å². The van der Waals surface area contributed by atoms with Crippen molar-refractivity contribution in [2.45, 2.75) is 51.9 Å². The fourth-order valence-electron chi connectivity index (χ4n) is 1.93. The molecule has 6 heteroatoms. The fourth-order valence-corrected chi connectivity index (χ4v) is 2.91. The first kappa shape index (κ1) is 21.1. The zero-order chi connectivity index (χ0) is 15.6. The molecule has 0 rings (SSSR count). The molecule has 0 aliphatic carbocycles. The van der Waals surface area contributed by atoms with Gasteiger partial charge in [0.05, 0.1) is 0 Å². The molecule has 1 atom stereocenters. The van der Waals surface area contributed by atoms with E-state index < -0.39 is 11.4 Å². The van der Waals surface area contributed by atoms with Crippen LogP contribution in [0.1, 0.15) is 51.9 Å². The van der Waals surface area contributed by atoms with Gasteiger partial charge in [-0.25, -0.2) is 0 Å². The predicted molar refractivity (Wildman–Crippen MR) is 93.8 cm³/mol. The molecule has 128 valence electrons. The van der Waals surface area contributed by atoms with Crippen molar-refractivity contribution >= 4 is 11.4 Å². The summed E-state index contributed by atoms with van der Waals surface area (Å²) in [4.78, 5) is 0. The fraction of sp³-hybridized carbons (Fsp3) is 1.00. The largest absolute Gasteiger partial charge is 0.598 e. The van der Waals surface area contributed by atoms with Gasteiger partial charge in [0.25, 0.3) is 0 Å². The van der Waals surface area contributed by atoms with Crippen LogP contribution in [0.3, 0.4) is 0 Å². The summed E-state index contributed by atoms with van der Waals surface area (Å²) < 4.78 is 14.6. The molecule has 0 saturated heterocycles. The summed E-state index contributed by atoms with van der Waals surface area (Å²) in [6.07, 6.45) is 7.93. The number of hydrogen-bond acceptors (Lipinski definition) is 5. The van der Waals surface area contributed by atoms with Gasteiger partial charge in [0.2, 0.25) is 0 Å². The summed E-state index contributed by atoms with van der Waals surface area (Å²) >= 11 is -0.831. The Morgan fingerprint density at radius 2 is 1.43 bits per heavy atom. The van der Waals surface area contributed by atoms with E-state index in [2.05, 4.69) is 22.3 Å². The van der Waals surface area contributed by atoms with Gasteiger partial charge in [-0.1, -0.05) is 13.3 Å². The molecular formula is C15H36N4OS. The Morgan fingerprint density at radius 1 is 0.810 bits per heavy atom. The smallest absolute Gasteiger partial charge is 0.125 e. The van der Waals surface area contributed by atoms with Crippen LogP contribution in [0.25, 0.3) is 0 Å². The molecular weight excluding hydrogens is 284 g/mol. The highest BCUT2D eigenvalue weighted by molar-refractivity contribution is 7.89. The first-order valence-corrected chi connectivity index (χ1v) is 9.86. The van der Waals surface area contributed by atoms with Gasteiger partial charge in [0, 0.05) is 17.9 Å². The normalized spacial score (nSPS) is 12.7. The molecule has 0 heterocycles. The molecule has 0 fully saturated rings. The average Bonchev–Trinajstić information content (AvgIpc) is 2.48. The van der Waals surface area contributed by atoms with Crippen molar-refractivity contribution in [3.05, 3.63) is 0 Å². The summed E-state index contributed by atoms with van der Waals surface area (Å²) in [5.74, 6) is 0.790. The molecule has 0 saturated carbocycles. The molecule has 5 nitrogen and oxygen atoms in total. The molecule has 0 amide bonds. The number of nitrogens with two attached hydrogens (primary N) is 1. The summed E-state index contributed by atoms with van der Waals surface area (Å²) in [7, 11) is 0. The van der Waals surface area contributed by atoms with Gasteiger partial charge in [-0.3, -0.25) is 0 Å². The van der Waals surface area contributed by atoms with E-state index in [1.165, 1.54) is 25.7 Å². The van der Waals surface area contributed by atoms with Gasteiger partial charge in [-0.2, -0.15) is 0 Å². The van der Waals surface area contributed by atoms with Gasteiger partial charge in [0.15, 0.2) is 0 Å². The third-order valence-corrected chi connectivity index (χ3v) is 4.43. The van der Waals surface area contributed by atoms with Gasteiger partial charge in [-0.15, -0.1) is 4.72 Å². The van der Waals surface area contributed by atoms with Crippen LogP contribution in [0.15, 0.2) is 0 Å². The number of rotatable bonds is 17. The van der Waals surface area contributed by atoms with E-state index >= 15 is 0 Å². The number of unbranched alkanes of at least 4 members (excludes halogenated alkanes) is 3. The van der Waals surface area contributed by atoms with E-state index in [0.29, 0.717) is 0 Å². The van der Waals surface area contributed by atoms with Gasteiger partial charge >= 0.3 is 0 Å². The van der Waals surface area contributed by atoms with E-state index in [1.54, 1.807) is 0 Å². The molecule has 21 heavy (non-hydrogen) atoms. The number of hydrogen-bond donors (Lipinski definition) is 4. The van der Waals surface area contributed by atoms with Gasteiger partial charge in [0.1, 0.15) is 5.75 Å². The van der Waals surface area contributed by atoms with Crippen molar-refractivity contribution in [1.82, 2.24) is 15.4 Å². The molecule has 0 spiro atoms. The van der Waals surface area contributed by atoms with Crippen LogP contribution in [-0.2, 0) is 11.4 Å². The lowest BCUT2D eigenvalue weighted by molar-refractivity contribution is 0.556. The second-order valence-corrected chi connectivity index (χ2v) is 6.74. The Kier molecular flexibility index (Phi) is 18.3. The van der Waals surface area contributed by atoms with Gasteiger partial charge in [-0.05, 0) is 71.2 Å². The zero-order valence-corrected chi connectivity index (χ0v) is 14.6.